The van der Waals surface area contributed by atoms with Crippen LogP contribution < -0.4 is 4.90 Å². The van der Waals surface area contributed by atoms with Crippen molar-refractivity contribution in [1.82, 2.24) is 4.90 Å². The molecule has 1 unspecified atom stereocenters. The summed E-state index contributed by atoms with van der Waals surface area (Å²) >= 11 is 12.1. The maximum atomic E-state index is 6.23. The van der Waals surface area contributed by atoms with Crippen LogP contribution in [-0.2, 0) is 5.88 Å². The summed E-state index contributed by atoms with van der Waals surface area (Å²) in [5.41, 5.74) is 2.21. The molecule has 1 aromatic carbocycles. The topological polar surface area (TPSA) is 6.48 Å². The minimum absolute atomic E-state index is 0.472. The molecule has 18 heavy (non-hydrogen) atoms. The van der Waals surface area contributed by atoms with Gasteiger partial charge in [-0.2, -0.15) is 0 Å². The Hall–Kier alpha value is -0.440. The second-order valence-electron chi connectivity index (χ2n) is 5.12. The van der Waals surface area contributed by atoms with Crippen LogP contribution in [-0.4, -0.2) is 38.1 Å². The van der Waals surface area contributed by atoms with Crippen molar-refractivity contribution < 1.29 is 0 Å². The average Bonchev–Trinajstić information content (AvgIpc) is 2.38. The highest BCUT2D eigenvalue weighted by molar-refractivity contribution is 6.32. The molecule has 2 nitrogen and oxygen atoms in total. The summed E-state index contributed by atoms with van der Waals surface area (Å²) < 4.78 is 0. The fraction of sp³-hybridized carbons (Fsp3) is 0.571. The molecule has 100 valence electrons. The van der Waals surface area contributed by atoms with Crippen molar-refractivity contribution in [3.05, 3.63) is 28.8 Å². The molecule has 0 bridgehead atoms. The Labute approximate surface area is 119 Å². The molecule has 1 aliphatic heterocycles. The molecule has 0 aliphatic carbocycles. The van der Waals surface area contributed by atoms with E-state index in [1.807, 2.05) is 12.1 Å². The zero-order valence-electron chi connectivity index (χ0n) is 11.0. The van der Waals surface area contributed by atoms with Gasteiger partial charge in [0.05, 0.1) is 0 Å². The molecule has 0 N–H and O–H groups in total. The lowest BCUT2D eigenvalue weighted by molar-refractivity contribution is 0.258. The van der Waals surface area contributed by atoms with Crippen LogP contribution >= 0.6 is 23.2 Å². The summed E-state index contributed by atoms with van der Waals surface area (Å²) in [7, 11) is 4.30. The van der Waals surface area contributed by atoms with Crippen molar-refractivity contribution in [2.75, 3.05) is 32.1 Å². The number of rotatable bonds is 3. The van der Waals surface area contributed by atoms with Gasteiger partial charge in [0.15, 0.2) is 0 Å². The third-order valence-electron chi connectivity index (χ3n) is 3.67. The first kappa shape index (κ1) is 14.0. The van der Waals surface area contributed by atoms with E-state index in [9.17, 15) is 0 Å². The minimum Gasteiger partial charge on any atom is -0.370 e. The first-order valence-electron chi connectivity index (χ1n) is 6.37. The highest BCUT2D eigenvalue weighted by Crippen LogP contribution is 2.27. The van der Waals surface area contributed by atoms with E-state index >= 15 is 0 Å². The second-order valence-corrected chi connectivity index (χ2v) is 5.79. The van der Waals surface area contributed by atoms with E-state index in [2.05, 4.69) is 30.0 Å². The number of hydrogen-bond acceptors (Lipinski definition) is 2. The van der Waals surface area contributed by atoms with Crippen molar-refractivity contribution >= 4 is 28.9 Å². The van der Waals surface area contributed by atoms with Crippen LogP contribution in [0.2, 0.25) is 5.02 Å². The fourth-order valence-corrected chi connectivity index (χ4v) is 3.00. The zero-order chi connectivity index (χ0) is 13.1. The monoisotopic (exact) mass is 286 g/mol. The first-order valence-corrected chi connectivity index (χ1v) is 7.29. The van der Waals surface area contributed by atoms with Gasteiger partial charge in [-0.3, -0.25) is 0 Å². The summed E-state index contributed by atoms with van der Waals surface area (Å²) in [5.74, 6) is 0.472. The number of benzene rings is 1. The van der Waals surface area contributed by atoms with Gasteiger partial charge in [-0.1, -0.05) is 17.7 Å². The normalized spacial score (nSPS) is 20.5. The third kappa shape index (κ3) is 3.11. The van der Waals surface area contributed by atoms with Crippen molar-refractivity contribution in [3.8, 4) is 0 Å². The second kappa shape index (κ2) is 6.14. The number of halogens is 2. The Morgan fingerprint density at radius 1 is 1.39 bits per heavy atom. The Balaban J connectivity index is 2.13. The predicted molar refractivity (Wildman–Crippen MR) is 79.9 cm³/mol. The summed E-state index contributed by atoms with van der Waals surface area (Å²) in [4.78, 5) is 4.72. The highest BCUT2D eigenvalue weighted by Gasteiger charge is 2.21. The molecule has 4 heteroatoms. The Bertz CT molecular complexity index is 407. The SMILES string of the molecule is CN(C)C1CCCN(c2ccc(CCl)c(Cl)c2)C1. The molecule has 0 aromatic heterocycles. The molecule has 0 spiro atoms. The lowest BCUT2D eigenvalue weighted by Crippen LogP contribution is -2.45. The van der Waals surface area contributed by atoms with Crippen LogP contribution in [0.15, 0.2) is 18.2 Å². The van der Waals surface area contributed by atoms with E-state index in [-0.39, 0.29) is 0 Å². The quantitative estimate of drug-likeness (QED) is 0.784. The van der Waals surface area contributed by atoms with Gasteiger partial charge in [0.2, 0.25) is 0 Å². The van der Waals surface area contributed by atoms with E-state index in [0.717, 1.165) is 23.7 Å². The highest BCUT2D eigenvalue weighted by atomic mass is 35.5. The van der Waals surface area contributed by atoms with Crippen LogP contribution in [0.3, 0.4) is 0 Å². The third-order valence-corrected chi connectivity index (χ3v) is 4.31. The van der Waals surface area contributed by atoms with Gasteiger partial charge >= 0.3 is 0 Å². The number of piperidine rings is 1. The summed E-state index contributed by atoms with van der Waals surface area (Å²) in [6.45, 7) is 2.18. The Morgan fingerprint density at radius 2 is 2.17 bits per heavy atom. The van der Waals surface area contributed by atoms with E-state index in [1.54, 1.807) is 0 Å². The number of likely N-dealkylation sites (N-methyl/N-ethyl adjacent to an activating group) is 1. The number of anilines is 1. The molecule has 0 radical (unpaired) electrons. The fourth-order valence-electron chi connectivity index (χ4n) is 2.45. The number of alkyl halides is 1. The van der Waals surface area contributed by atoms with Gasteiger partial charge in [0, 0.05) is 35.7 Å². The van der Waals surface area contributed by atoms with Crippen molar-refractivity contribution in [3.63, 3.8) is 0 Å². The molecular formula is C14H20Cl2N2. The average molecular weight is 287 g/mol. The Morgan fingerprint density at radius 3 is 2.78 bits per heavy atom. The molecule has 1 fully saturated rings. The maximum absolute atomic E-state index is 6.23. The smallest absolute Gasteiger partial charge is 0.0488 e. The first-order chi connectivity index (χ1) is 8.61. The maximum Gasteiger partial charge on any atom is 0.0488 e. The van der Waals surface area contributed by atoms with Crippen molar-refractivity contribution in [1.29, 1.82) is 0 Å². The molecule has 1 atom stereocenters. The van der Waals surface area contributed by atoms with E-state index in [4.69, 9.17) is 23.2 Å². The van der Waals surface area contributed by atoms with Crippen LogP contribution in [0.1, 0.15) is 18.4 Å². The minimum atomic E-state index is 0.472. The van der Waals surface area contributed by atoms with Gasteiger partial charge in [0.1, 0.15) is 0 Å². The zero-order valence-corrected chi connectivity index (χ0v) is 12.5. The standard InChI is InChI=1S/C14H20Cl2N2/c1-17(2)13-4-3-7-18(10-13)12-6-5-11(9-15)14(16)8-12/h5-6,8,13H,3-4,7,9-10H2,1-2H3. The van der Waals surface area contributed by atoms with E-state index in [1.165, 1.54) is 18.5 Å². The number of hydrogen-bond donors (Lipinski definition) is 0. The van der Waals surface area contributed by atoms with Crippen LogP contribution in [0, 0.1) is 0 Å². The largest absolute Gasteiger partial charge is 0.370 e. The summed E-state index contributed by atoms with van der Waals surface area (Å²) in [6, 6.07) is 6.83. The lowest BCUT2D eigenvalue weighted by Gasteiger charge is -2.37. The van der Waals surface area contributed by atoms with Gasteiger partial charge in [-0.25, -0.2) is 0 Å². The van der Waals surface area contributed by atoms with Crippen LogP contribution in [0.25, 0.3) is 0 Å². The molecular weight excluding hydrogens is 267 g/mol. The lowest BCUT2D eigenvalue weighted by atomic mass is 10.0. The van der Waals surface area contributed by atoms with E-state index in [0.29, 0.717) is 11.9 Å². The molecule has 1 aromatic rings. The van der Waals surface area contributed by atoms with Gasteiger partial charge in [0.25, 0.3) is 0 Å². The molecule has 1 heterocycles. The predicted octanol–water partition coefficient (Wildman–Crippen LogP) is 3.61. The van der Waals surface area contributed by atoms with Crippen molar-refractivity contribution in [2.45, 2.75) is 24.8 Å². The van der Waals surface area contributed by atoms with Crippen LogP contribution in [0.4, 0.5) is 5.69 Å². The molecule has 1 aliphatic rings. The Kier molecular flexibility index (Phi) is 4.77. The summed E-state index contributed by atoms with van der Waals surface area (Å²) in [5, 5.41) is 0.773. The van der Waals surface area contributed by atoms with Gasteiger partial charge < -0.3 is 9.80 Å². The van der Waals surface area contributed by atoms with Crippen LogP contribution in [0.5, 0.6) is 0 Å². The van der Waals surface area contributed by atoms with Gasteiger partial charge in [-0.05, 0) is 44.6 Å². The molecule has 0 saturated carbocycles. The molecule has 1 saturated heterocycles. The van der Waals surface area contributed by atoms with E-state index < -0.39 is 0 Å². The van der Waals surface area contributed by atoms with Crippen molar-refractivity contribution in [2.24, 2.45) is 0 Å². The number of nitrogens with zero attached hydrogens (tertiary/aromatic N) is 2. The molecule has 0 amide bonds. The summed E-state index contributed by atoms with van der Waals surface area (Å²) in [6.07, 6.45) is 2.51. The van der Waals surface area contributed by atoms with Gasteiger partial charge in [-0.15, -0.1) is 11.6 Å². The molecule has 2 rings (SSSR count).